The molecule has 0 aliphatic rings. The van der Waals surface area contributed by atoms with Gasteiger partial charge in [-0.1, -0.05) is 53.3 Å². The minimum atomic E-state index is -3.77. The number of hydrogen-bond donors (Lipinski definition) is 1. The highest BCUT2D eigenvalue weighted by Gasteiger charge is 2.17. The van der Waals surface area contributed by atoms with Crippen LogP contribution in [0.25, 0.3) is 15.9 Å². The Balaban J connectivity index is 1.34. The van der Waals surface area contributed by atoms with Crippen LogP contribution in [-0.2, 0) is 23.1 Å². The Morgan fingerprint density at radius 1 is 1.06 bits per heavy atom. The van der Waals surface area contributed by atoms with E-state index in [2.05, 4.69) is 9.71 Å². The van der Waals surface area contributed by atoms with Gasteiger partial charge in [0, 0.05) is 29.6 Å². The van der Waals surface area contributed by atoms with Crippen molar-refractivity contribution in [2.45, 2.75) is 24.9 Å². The van der Waals surface area contributed by atoms with Crippen LogP contribution in [0.3, 0.4) is 0 Å². The first-order valence-electron chi connectivity index (χ1n) is 10.8. The molecule has 0 aliphatic heterocycles. The zero-order valence-corrected chi connectivity index (χ0v) is 21.1. The molecule has 2 heterocycles. The molecule has 10 heteroatoms. The van der Waals surface area contributed by atoms with Crippen molar-refractivity contribution in [2.75, 3.05) is 0 Å². The van der Waals surface area contributed by atoms with Crippen molar-refractivity contribution >= 4 is 43.2 Å². The molecule has 5 rings (SSSR count). The van der Waals surface area contributed by atoms with Crippen molar-refractivity contribution in [3.8, 4) is 5.69 Å². The molecule has 0 aliphatic carbocycles. The van der Waals surface area contributed by atoms with Gasteiger partial charge in [-0.3, -0.25) is 9.36 Å². The number of sulfonamides is 1. The molecule has 1 N–H and O–H groups in total. The molecule has 0 saturated heterocycles. The highest BCUT2D eigenvalue weighted by molar-refractivity contribution is 7.89. The molecule has 5 aromatic rings. The fraction of sp³-hybridized carbons (Fsp3) is 0.120. The number of aromatic nitrogens is 3. The molecule has 7 nitrogen and oxygen atoms in total. The molecule has 0 spiro atoms. The van der Waals surface area contributed by atoms with Crippen LogP contribution < -0.4 is 9.60 Å². The topological polar surface area (TPSA) is 86.0 Å². The van der Waals surface area contributed by atoms with Crippen molar-refractivity contribution in [3.05, 3.63) is 111 Å². The van der Waals surface area contributed by atoms with Gasteiger partial charge in [0.25, 0.3) is 0 Å². The van der Waals surface area contributed by atoms with E-state index < -0.39 is 10.0 Å². The lowest BCUT2D eigenvalue weighted by Gasteiger charge is -2.10. The molecule has 0 fully saturated rings. The zero-order valence-electron chi connectivity index (χ0n) is 18.7. The van der Waals surface area contributed by atoms with E-state index in [1.807, 2.05) is 60.2 Å². The van der Waals surface area contributed by atoms with Gasteiger partial charge >= 0.3 is 4.87 Å². The molecule has 178 valence electrons. The largest absolute Gasteiger partial charge is 0.308 e. The van der Waals surface area contributed by atoms with E-state index in [0.29, 0.717) is 21.8 Å². The van der Waals surface area contributed by atoms with Crippen molar-refractivity contribution in [3.63, 3.8) is 0 Å². The van der Waals surface area contributed by atoms with E-state index in [1.165, 1.54) is 12.1 Å². The van der Waals surface area contributed by atoms with Gasteiger partial charge in [-0.05, 0) is 54.4 Å². The molecule has 2 aromatic heterocycles. The Morgan fingerprint density at radius 2 is 1.83 bits per heavy atom. The fourth-order valence-electron chi connectivity index (χ4n) is 3.85. The summed E-state index contributed by atoms with van der Waals surface area (Å²) in [6, 6.07) is 19.7. The predicted molar refractivity (Wildman–Crippen MR) is 139 cm³/mol. The Morgan fingerprint density at radius 3 is 2.54 bits per heavy atom. The number of benzene rings is 3. The second-order valence-corrected chi connectivity index (χ2v) is 11.2. The summed E-state index contributed by atoms with van der Waals surface area (Å²) in [7, 11) is -3.77. The molecule has 35 heavy (non-hydrogen) atoms. The standard InChI is InChI=1S/C25H21ClN4O3S2/c1-17-27-12-13-29(17)20-8-6-18(7-9-20)15-28-35(32,33)21-10-11-23-24(14-21)34-25(31)30(23)16-19-4-2-3-5-22(19)26/h2-14,28H,15-16H2,1H3. The van der Waals surface area contributed by atoms with Gasteiger partial charge in [0.2, 0.25) is 10.0 Å². The van der Waals surface area contributed by atoms with E-state index >= 15 is 0 Å². The molecule has 3 aromatic carbocycles. The van der Waals surface area contributed by atoms with Crippen molar-refractivity contribution in [2.24, 2.45) is 0 Å². The first kappa shape index (κ1) is 23.5. The van der Waals surface area contributed by atoms with E-state index in [0.717, 1.165) is 34.0 Å². The summed E-state index contributed by atoms with van der Waals surface area (Å²) in [5.74, 6) is 0.872. The number of thiazole rings is 1. The van der Waals surface area contributed by atoms with Gasteiger partial charge in [-0.15, -0.1) is 0 Å². The molecular weight excluding hydrogens is 504 g/mol. The van der Waals surface area contributed by atoms with Crippen molar-refractivity contribution < 1.29 is 8.42 Å². The SMILES string of the molecule is Cc1nccn1-c1ccc(CNS(=O)(=O)c2ccc3c(c2)sc(=O)n3Cc2ccccc2Cl)cc1. The fourth-order valence-corrected chi connectivity index (χ4v) is 6.09. The number of halogens is 1. The monoisotopic (exact) mass is 524 g/mol. The van der Waals surface area contributed by atoms with Crippen LogP contribution >= 0.6 is 22.9 Å². The molecule has 0 bridgehead atoms. The van der Waals surface area contributed by atoms with Gasteiger partial charge in [0.15, 0.2) is 0 Å². The summed E-state index contributed by atoms with van der Waals surface area (Å²) in [5.41, 5.74) is 3.27. The summed E-state index contributed by atoms with van der Waals surface area (Å²) in [4.78, 5) is 16.8. The molecule has 0 atom stereocenters. The van der Waals surface area contributed by atoms with E-state index in [-0.39, 0.29) is 16.3 Å². The van der Waals surface area contributed by atoms with Crippen molar-refractivity contribution in [1.82, 2.24) is 18.8 Å². The minimum absolute atomic E-state index is 0.113. The maximum absolute atomic E-state index is 13.0. The normalized spacial score (nSPS) is 11.8. The summed E-state index contributed by atoms with van der Waals surface area (Å²) < 4.78 is 32.7. The van der Waals surface area contributed by atoms with Crippen LogP contribution in [0.15, 0.2) is 88.8 Å². The number of aryl methyl sites for hydroxylation is 1. The van der Waals surface area contributed by atoms with Crippen LogP contribution in [0.4, 0.5) is 0 Å². The molecule has 0 unspecified atom stereocenters. The predicted octanol–water partition coefficient (Wildman–Crippen LogP) is 4.74. The van der Waals surface area contributed by atoms with Crippen LogP contribution in [0, 0.1) is 6.92 Å². The smallest absolute Gasteiger partial charge is 0.304 e. The summed E-state index contributed by atoms with van der Waals surface area (Å²) in [6.07, 6.45) is 3.61. The first-order valence-corrected chi connectivity index (χ1v) is 13.5. The zero-order chi connectivity index (χ0) is 24.6. The third-order valence-electron chi connectivity index (χ3n) is 5.74. The van der Waals surface area contributed by atoms with E-state index in [1.54, 1.807) is 22.9 Å². The van der Waals surface area contributed by atoms with E-state index in [9.17, 15) is 13.2 Å². The van der Waals surface area contributed by atoms with Crippen LogP contribution in [-0.4, -0.2) is 22.5 Å². The maximum Gasteiger partial charge on any atom is 0.308 e. The van der Waals surface area contributed by atoms with Gasteiger partial charge in [0.1, 0.15) is 5.82 Å². The van der Waals surface area contributed by atoms with Crippen LogP contribution in [0.1, 0.15) is 17.0 Å². The number of nitrogens with one attached hydrogen (secondary N) is 1. The lowest BCUT2D eigenvalue weighted by atomic mass is 10.2. The molecule has 0 amide bonds. The van der Waals surface area contributed by atoms with Gasteiger partial charge < -0.3 is 4.57 Å². The third kappa shape index (κ3) is 4.81. The Labute approximate surface area is 211 Å². The highest BCUT2D eigenvalue weighted by atomic mass is 35.5. The molecular formula is C25H21ClN4O3S2. The summed E-state index contributed by atoms with van der Waals surface area (Å²) in [5, 5.41) is 0.579. The number of rotatable bonds is 7. The lowest BCUT2D eigenvalue weighted by Crippen LogP contribution is -2.23. The second-order valence-electron chi connectivity index (χ2n) is 8.01. The Hall–Kier alpha value is -3.24. The number of nitrogens with zero attached hydrogens (tertiary/aromatic N) is 3. The van der Waals surface area contributed by atoms with Gasteiger partial charge in [0.05, 0.1) is 21.7 Å². The number of hydrogen-bond acceptors (Lipinski definition) is 5. The summed E-state index contributed by atoms with van der Waals surface area (Å²) in [6.45, 7) is 2.38. The highest BCUT2D eigenvalue weighted by Crippen LogP contribution is 2.24. The summed E-state index contributed by atoms with van der Waals surface area (Å²) >= 11 is 7.27. The third-order valence-corrected chi connectivity index (χ3v) is 8.45. The first-order chi connectivity index (χ1) is 16.8. The molecule has 0 radical (unpaired) electrons. The molecule has 0 saturated carbocycles. The average Bonchev–Trinajstić information content (AvgIpc) is 3.41. The van der Waals surface area contributed by atoms with E-state index in [4.69, 9.17) is 11.6 Å². The van der Waals surface area contributed by atoms with Crippen LogP contribution in [0.5, 0.6) is 0 Å². The van der Waals surface area contributed by atoms with Gasteiger partial charge in [-0.2, -0.15) is 0 Å². The Kier molecular flexibility index (Phi) is 6.33. The minimum Gasteiger partial charge on any atom is -0.304 e. The van der Waals surface area contributed by atoms with Crippen LogP contribution in [0.2, 0.25) is 5.02 Å². The quantitative estimate of drug-likeness (QED) is 0.333. The van der Waals surface area contributed by atoms with Crippen molar-refractivity contribution in [1.29, 1.82) is 0 Å². The lowest BCUT2D eigenvalue weighted by molar-refractivity contribution is 0.581. The Bertz CT molecular complexity index is 1690. The second kappa shape index (κ2) is 9.43. The maximum atomic E-state index is 13.0. The van der Waals surface area contributed by atoms with Gasteiger partial charge in [-0.25, -0.2) is 18.1 Å². The number of fused-ring (bicyclic) bond motifs is 1. The average molecular weight is 525 g/mol. The number of imidazole rings is 1.